The van der Waals surface area contributed by atoms with Crippen LogP contribution in [0.25, 0.3) is 0 Å². The molecule has 158 valence electrons. The third-order valence-electron chi connectivity index (χ3n) is 4.12. The number of rotatable bonds is 7. The van der Waals surface area contributed by atoms with Crippen LogP contribution in [-0.4, -0.2) is 24.8 Å². The van der Waals surface area contributed by atoms with Crippen LogP contribution in [0, 0.1) is 0 Å². The minimum absolute atomic E-state index is 0.0889. The molecule has 6 nitrogen and oxygen atoms in total. The number of amides is 1. The highest BCUT2D eigenvalue weighted by atomic mass is 32.2. The Labute approximate surface area is 181 Å². The van der Waals surface area contributed by atoms with E-state index in [9.17, 15) is 13.2 Å². The summed E-state index contributed by atoms with van der Waals surface area (Å²) in [5, 5.41) is 5.35. The van der Waals surface area contributed by atoms with Gasteiger partial charge in [0.15, 0.2) is 0 Å². The second-order valence-corrected chi connectivity index (χ2v) is 10.5. The van der Waals surface area contributed by atoms with E-state index >= 15 is 0 Å². The van der Waals surface area contributed by atoms with Gasteiger partial charge in [-0.25, -0.2) is 18.1 Å². The fourth-order valence-corrected chi connectivity index (χ4v) is 5.37. The van der Waals surface area contributed by atoms with Gasteiger partial charge in [-0.05, 0) is 38.0 Å². The molecular formula is C22H25N3O3S2. The monoisotopic (exact) mass is 443 g/mol. The summed E-state index contributed by atoms with van der Waals surface area (Å²) in [6.45, 7) is 5.43. The molecule has 2 aromatic carbocycles. The molecule has 0 aliphatic rings. The van der Waals surface area contributed by atoms with Gasteiger partial charge in [-0.15, -0.1) is 11.3 Å². The van der Waals surface area contributed by atoms with Crippen LogP contribution < -0.4 is 10.0 Å². The van der Waals surface area contributed by atoms with Gasteiger partial charge in [-0.2, -0.15) is 0 Å². The molecule has 0 atom stereocenters. The second-order valence-electron chi connectivity index (χ2n) is 7.93. The first-order valence-corrected chi connectivity index (χ1v) is 11.9. The zero-order valence-corrected chi connectivity index (χ0v) is 18.8. The number of hydrogen-bond donors (Lipinski definition) is 2. The van der Waals surface area contributed by atoms with Crippen molar-refractivity contribution < 1.29 is 13.2 Å². The molecule has 3 aromatic rings. The lowest BCUT2D eigenvalue weighted by molar-refractivity contribution is 0.0946. The van der Waals surface area contributed by atoms with Gasteiger partial charge >= 0.3 is 0 Å². The number of sulfonamides is 1. The van der Waals surface area contributed by atoms with E-state index in [-0.39, 0.29) is 17.3 Å². The summed E-state index contributed by atoms with van der Waals surface area (Å²) in [5.41, 5.74) is 1.37. The summed E-state index contributed by atoms with van der Waals surface area (Å²) < 4.78 is 28.1. The maximum atomic E-state index is 12.7. The minimum atomic E-state index is -3.71. The molecular weight excluding hydrogens is 418 g/mol. The fourth-order valence-electron chi connectivity index (χ4n) is 2.90. The van der Waals surface area contributed by atoms with Gasteiger partial charge in [-0.1, -0.05) is 48.5 Å². The van der Waals surface area contributed by atoms with E-state index < -0.39 is 15.6 Å². The Hall–Kier alpha value is -2.55. The van der Waals surface area contributed by atoms with Crippen LogP contribution in [0.2, 0.25) is 0 Å². The Bertz CT molecular complexity index is 1120. The minimum Gasteiger partial charge on any atom is -0.347 e. The van der Waals surface area contributed by atoms with Crippen LogP contribution in [0.15, 0.2) is 64.9 Å². The van der Waals surface area contributed by atoms with E-state index in [1.807, 2.05) is 30.3 Å². The maximum absolute atomic E-state index is 12.7. The number of hydrogen-bond acceptors (Lipinski definition) is 5. The third kappa shape index (κ3) is 5.98. The predicted octanol–water partition coefficient (Wildman–Crippen LogP) is 3.74. The highest BCUT2D eigenvalue weighted by molar-refractivity contribution is 7.89. The first-order valence-electron chi connectivity index (χ1n) is 9.52. The van der Waals surface area contributed by atoms with Crippen molar-refractivity contribution in [1.82, 2.24) is 15.0 Å². The van der Waals surface area contributed by atoms with Crippen molar-refractivity contribution in [2.75, 3.05) is 0 Å². The molecule has 1 heterocycles. The van der Waals surface area contributed by atoms with Gasteiger partial charge in [0.2, 0.25) is 10.0 Å². The SMILES string of the molecule is CC(C)(C)NS(=O)(=O)c1ccccc1CNC(=O)c1csc(Cc2ccccc2)n1. The summed E-state index contributed by atoms with van der Waals surface area (Å²) in [6.07, 6.45) is 0.665. The zero-order valence-electron chi connectivity index (χ0n) is 17.2. The smallest absolute Gasteiger partial charge is 0.271 e. The molecule has 0 fully saturated rings. The molecule has 8 heteroatoms. The maximum Gasteiger partial charge on any atom is 0.271 e. The van der Waals surface area contributed by atoms with Crippen LogP contribution in [0.1, 0.15) is 47.4 Å². The van der Waals surface area contributed by atoms with E-state index in [2.05, 4.69) is 15.0 Å². The molecule has 1 amide bonds. The Kier molecular flexibility index (Phi) is 6.70. The summed E-state index contributed by atoms with van der Waals surface area (Å²) in [6, 6.07) is 16.6. The van der Waals surface area contributed by atoms with E-state index in [1.54, 1.807) is 44.4 Å². The highest BCUT2D eigenvalue weighted by Crippen LogP contribution is 2.19. The lowest BCUT2D eigenvalue weighted by atomic mass is 10.1. The van der Waals surface area contributed by atoms with Gasteiger partial charge in [0.25, 0.3) is 5.91 Å². The Morgan fingerprint density at radius 3 is 2.40 bits per heavy atom. The van der Waals surface area contributed by atoms with Gasteiger partial charge in [0, 0.05) is 23.9 Å². The average molecular weight is 444 g/mol. The standard InChI is InChI=1S/C22H25N3O3S2/c1-22(2,3)25-30(27,28)19-12-8-7-11-17(19)14-23-21(26)18-15-29-20(24-18)13-16-9-5-4-6-10-16/h4-12,15,25H,13-14H2,1-3H3,(H,23,26). The molecule has 0 saturated heterocycles. The number of nitrogens with one attached hydrogen (secondary N) is 2. The number of thiazole rings is 1. The summed E-state index contributed by atoms with van der Waals surface area (Å²) in [4.78, 5) is 17.1. The van der Waals surface area contributed by atoms with Crippen molar-refractivity contribution >= 4 is 27.3 Å². The van der Waals surface area contributed by atoms with Crippen molar-refractivity contribution in [3.63, 3.8) is 0 Å². The van der Waals surface area contributed by atoms with Crippen LogP contribution in [0.4, 0.5) is 0 Å². The summed E-state index contributed by atoms with van der Waals surface area (Å²) >= 11 is 1.43. The van der Waals surface area contributed by atoms with E-state index in [1.165, 1.54) is 17.4 Å². The number of nitrogens with zero attached hydrogens (tertiary/aromatic N) is 1. The molecule has 0 spiro atoms. The van der Waals surface area contributed by atoms with Crippen LogP contribution >= 0.6 is 11.3 Å². The van der Waals surface area contributed by atoms with Crippen molar-refractivity contribution in [3.05, 3.63) is 81.8 Å². The van der Waals surface area contributed by atoms with Gasteiger partial charge in [0.05, 0.1) is 9.90 Å². The van der Waals surface area contributed by atoms with Crippen LogP contribution in [-0.2, 0) is 23.0 Å². The number of benzene rings is 2. The second kappa shape index (κ2) is 9.07. The Balaban J connectivity index is 1.69. The van der Waals surface area contributed by atoms with Crippen molar-refractivity contribution in [2.45, 2.75) is 44.2 Å². The van der Waals surface area contributed by atoms with Gasteiger partial charge < -0.3 is 5.32 Å². The van der Waals surface area contributed by atoms with Gasteiger partial charge in [-0.3, -0.25) is 4.79 Å². The quantitative estimate of drug-likeness (QED) is 0.582. The first-order chi connectivity index (χ1) is 14.1. The molecule has 3 rings (SSSR count). The zero-order chi connectivity index (χ0) is 21.8. The molecule has 0 bridgehead atoms. The number of carbonyl (C=O) groups is 1. The molecule has 2 N–H and O–H groups in total. The Morgan fingerprint density at radius 1 is 1.03 bits per heavy atom. The fraction of sp³-hybridized carbons (Fsp3) is 0.273. The molecule has 0 aliphatic carbocycles. The van der Waals surface area contributed by atoms with Crippen molar-refractivity contribution in [1.29, 1.82) is 0 Å². The first kappa shape index (κ1) is 22.1. The topological polar surface area (TPSA) is 88.2 Å². The largest absolute Gasteiger partial charge is 0.347 e. The molecule has 30 heavy (non-hydrogen) atoms. The molecule has 1 aromatic heterocycles. The highest BCUT2D eigenvalue weighted by Gasteiger charge is 2.24. The molecule has 0 saturated carbocycles. The van der Waals surface area contributed by atoms with E-state index in [4.69, 9.17) is 0 Å². The van der Waals surface area contributed by atoms with E-state index in [0.717, 1.165) is 10.6 Å². The van der Waals surface area contributed by atoms with Crippen molar-refractivity contribution in [2.24, 2.45) is 0 Å². The number of carbonyl (C=O) groups excluding carboxylic acids is 1. The van der Waals surface area contributed by atoms with Gasteiger partial charge in [0.1, 0.15) is 5.69 Å². The van der Waals surface area contributed by atoms with Crippen LogP contribution in [0.3, 0.4) is 0 Å². The molecule has 0 radical (unpaired) electrons. The lowest BCUT2D eigenvalue weighted by Crippen LogP contribution is -2.41. The molecule has 0 unspecified atom stereocenters. The predicted molar refractivity (Wildman–Crippen MR) is 119 cm³/mol. The third-order valence-corrected chi connectivity index (χ3v) is 6.83. The Morgan fingerprint density at radius 2 is 1.70 bits per heavy atom. The normalized spacial score (nSPS) is 12.0. The van der Waals surface area contributed by atoms with E-state index in [0.29, 0.717) is 17.7 Å². The average Bonchev–Trinajstić information content (AvgIpc) is 3.14. The molecule has 0 aliphatic heterocycles. The van der Waals surface area contributed by atoms with Crippen LogP contribution in [0.5, 0.6) is 0 Å². The van der Waals surface area contributed by atoms with Crippen molar-refractivity contribution in [3.8, 4) is 0 Å². The lowest BCUT2D eigenvalue weighted by Gasteiger charge is -2.21. The summed E-state index contributed by atoms with van der Waals surface area (Å²) in [5.74, 6) is -0.332. The number of aromatic nitrogens is 1. The summed E-state index contributed by atoms with van der Waals surface area (Å²) in [7, 11) is -3.71.